The summed E-state index contributed by atoms with van der Waals surface area (Å²) in [5, 5.41) is 7.68. The SMILES string of the molecule is CCn1ncnc1COc1c(Br)cccc1CNC1CC1. The Morgan fingerprint density at radius 2 is 2.29 bits per heavy atom. The van der Waals surface area contributed by atoms with Crippen LogP contribution in [0.25, 0.3) is 0 Å². The number of benzene rings is 1. The van der Waals surface area contributed by atoms with Crippen molar-refractivity contribution in [3.63, 3.8) is 0 Å². The van der Waals surface area contributed by atoms with Gasteiger partial charge in [0, 0.05) is 24.7 Å². The van der Waals surface area contributed by atoms with Gasteiger partial charge in [-0.3, -0.25) is 0 Å². The van der Waals surface area contributed by atoms with Gasteiger partial charge in [0.15, 0.2) is 5.82 Å². The van der Waals surface area contributed by atoms with Crippen LogP contribution in [0.5, 0.6) is 5.75 Å². The molecule has 1 aromatic heterocycles. The van der Waals surface area contributed by atoms with Gasteiger partial charge in [-0.25, -0.2) is 9.67 Å². The molecule has 0 unspecified atom stereocenters. The van der Waals surface area contributed by atoms with Gasteiger partial charge in [-0.2, -0.15) is 5.10 Å². The molecular formula is C15H19BrN4O. The summed E-state index contributed by atoms with van der Waals surface area (Å²) in [5.74, 6) is 1.73. The Balaban J connectivity index is 1.70. The summed E-state index contributed by atoms with van der Waals surface area (Å²) in [7, 11) is 0. The minimum absolute atomic E-state index is 0.423. The van der Waals surface area contributed by atoms with Crippen molar-refractivity contribution >= 4 is 15.9 Å². The minimum Gasteiger partial charge on any atom is -0.484 e. The largest absolute Gasteiger partial charge is 0.484 e. The Labute approximate surface area is 132 Å². The Bertz CT molecular complexity index is 609. The third-order valence-electron chi connectivity index (χ3n) is 3.55. The average molecular weight is 351 g/mol. The van der Waals surface area contributed by atoms with E-state index in [4.69, 9.17) is 4.74 Å². The number of halogens is 1. The van der Waals surface area contributed by atoms with Gasteiger partial charge in [0.05, 0.1) is 4.47 Å². The maximum Gasteiger partial charge on any atom is 0.164 e. The molecule has 21 heavy (non-hydrogen) atoms. The lowest BCUT2D eigenvalue weighted by Gasteiger charge is -2.14. The zero-order valence-corrected chi connectivity index (χ0v) is 13.6. The maximum atomic E-state index is 6.00. The van der Waals surface area contributed by atoms with Crippen molar-refractivity contribution in [2.24, 2.45) is 0 Å². The fourth-order valence-electron chi connectivity index (χ4n) is 2.20. The highest BCUT2D eigenvalue weighted by atomic mass is 79.9. The molecule has 0 radical (unpaired) electrons. The first-order valence-electron chi connectivity index (χ1n) is 7.28. The quantitative estimate of drug-likeness (QED) is 0.834. The summed E-state index contributed by atoms with van der Waals surface area (Å²) in [6, 6.07) is 6.82. The molecule has 0 spiro atoms. The van der Waals surface area contributed by atoms with Crippen LogP contribution in [-0.2, 0) is 19.7 Å². The van der Waals surface area contributed by atoms with E-state index in [0.29, 0.717) is 12.6 Å². The molecule has 0 aliphatic heterocycles. The van der Waals surface area contributed by atoms with Gasteiger partial charge in [-0.1, -0.05) is 12.1 Å². The summed E-state index contributed by atoms with van der Waals surface area (Å²) in [6.45, 7) is 4.10. The molecule has 1 saturated carbocycles. The molecule has 1 heterocycles. The Morgan fingerprint density at radius 1 is 1.43 bits per heavy atom. The van der Waals surface area contributed by atoms with Gasteiger partial charge in [-0.15, -0.1) is 0 Å². The molecular weight excluding hydrogens is 332 g/mol. The number of aryl methyl sites for hydroxylation is 1. The number of hydrogen-bond donors (Lipinski definition) is 1. The first-order valence-corrected chi connectivity index (χ1v) is 8.07. The van der Waals surface area contributed by atoms with Gasteiger partial charge in [0.25, 0.3) is 0 Å². The van der Waals surface area contributed by atoms with Crippen LogP contribution in [0, 0.1) is 0 Å². The van der Waals surface area contributed by atoms with Gasteiger partial charge >= 0.3 is 0 Å². The van der Waals surface area contributed by atoms with E-state index >= 15 is 0 Å². The lowest BCUT2D eigenvalue weighted by molar-refractivity contribution is 0.282. The van der Waals surface area contributed by atoms with Crippen LogP contribution in [0.15, 0.2) is 29.0 Å². The van der Waals surface area contributed by atoms with Crippen molar-refractivity contribution in [3.05, 3.63) is 40.4 Å². The van der Waals surface area contributed by atoms with Crippen LogP contribution in [0.2, 0.25) is 0 Å². The van der Waals surface area contributed by atoms with E-state index in [1.54, 1.807) is 6.33 Å². The van der Waals surface area contributed by atoms with E-state index in [9.17, 15) is 0 Å². The smallest absolute Gasteiger partial charge is 0.164 e. The van der Waals surface area contributed by atoms with Crippen LogP contribution in [0.3, 0.4) is 0 Å². The number of nitrogens with zero attached hydrogens (tertiary/aromatic N) is 3. The number of rotatable bonds is 7. The maximum absolute atomic E-state index is 6.00. The molecule has 0 bridgehead atoms. The van der Waals surface area contributed by atoms with E-state index in [1.807, 2.05) is 23.7 Å². The second-order valence-electron chi connectivity index (χ2n) is 5.16. The fraction of sp³-hybridized carbons (Fsp3) is 0.467. The highest BCUT2D eigenvalue weighted by molar-refractivity contribution is 9.10. The zero-order valence-electron chi connectivity index (χ0n) is 12.1. The van der Waals surface area contributed by atoms with Crippen molar-refractivity contribution in [1.29, 1.82) is 0 Å². The molecule has 0 atom stereocenters. The summed E-state index contributed by atoms with van der Waals surface area (Å²) in [6.07, 6.45) is 4.13. The lowest BCUT2D eigenvalue weighted by Crippen LogP contribution is -2.16. The number of para-hydroxylation sites is 1. The lowest BCUT2D eigenvalue weighted by atomic mass is 10.2. The zero-order chi connectivity index (χ0) is 14.7. The van der Waals surface area contributed by atoms with Gasteiger partial charge in [-0.05, 0) is 41.8 Å². The topological polar surface area (TPSA) is 52.0 Å². The van der Waals surface area contributed by atoms with Crippen molar-refractivity contribution in [3.8, 4) is 5.75 Å². The second kappa shape index (κ2) is 6.58. The van der Waals surface area contributed by atoms with Crippen LogP contribution in [-0.4, -0.2) is 20.8 Å². The number of aromatic nitrogens is 3. The van der Waals surface area contributed by atoms with Crippen LogP contribution in [0.1, 0.15) is 31.2 Å². The molecule has 1 aliphatic rings. The molecule has 3 rings (SSSR count). The first kappa shape index (κ1) is 14.5. The standard InChI is InChI=1S/C15H19BrN4O/c1-2-20-14(18-10-19-20)9-21-15-11(4-3-5-13(15)16)8-17-12-6-7-12/h3-5,10,12,17H,2,6-9H2,1H3. The van der Waals surface area contributed by atoms with Crippen molar-refractivity contribution < 1.29 is 4.74 Å². The van der Waals surface area contributed by atoms with Crippen molar-refractivity contribution in [1.82, 2.24) is 20.1 Å². The van der Waals surface area contributed by atoms with Crippen LogP contribution >= 0.6 is 15.9 Å². The van der Waals surface area contributed by atoms with Gasteiger partial charge < -0.3 is 10.1 Å². The monoisotopic (exact) mass is 350 g/mol. The van der Waals surface area contributed by atoms with E-state index in [-0.39, 0.29) is 0 Å². The Morgan fingerprint density at radius 3 is 3.05 bits per heavy atom. The summed E-state index contributed by atoms with van der Waals surface area (Å²) >= 11 is 3.57. The predicted molar refractivity (Wildman–Crippen MR) is 84.0 cm³/mol. The predicted octanol–water partition coefficient (Wildman–Crippen LogP) is 2.89. The molecule has 2 aromatic rings. The molecule has 1 N–H and O–H groups in total. The van der Waals surface area contributed by atoms with Gasteiger partial charge in [0.1, 0.15) is 18.7 Å². The first-order chi connectivity index (χ1) is 10.3. The minimum atomic E-state index is 0.423. The van der Waals surface area contributed by atoms with E-state index in [2.05, 4.69) is 37.4 Å². The number of hydrogen-bond acceptors (Lipinski definition) is 4. The van der Waals surface area contributed by atoms with Crippen LogP contribution < -0.4 is 10.1 Å². The summed E-state index contributed by atoms with van der Waals surface area (Å²) in [5.41, 5.74) is 1.17. The highest BCUT2D eigenvalue weighted by Crippen LogP contribution is 2.30. The fourth-order valence-corrected chi connectivity index (χ4v) is 2.72. The molecule has 5 nitrogen and oxygen atoms in total. The third-order valence-corrected chi connectivity index (χ3v) is 4.17. The summed E-state index contributed by atoms with van der Waals surface area (Å²) in [4.78, 5) is 4.24. The van der Waals surface area contributed by atoms with Crippen molar-refractivity contribution in [2.45, 2.75) is 45.5 Å². The normalized spacial score (nSPS) is 14.4. The molecule has 0 amide bonds. The van der Waals surface area contributed by atoms with E-state index < -0.39 is 0 Å². The molecule has 1 aliphatic carbocycles. The number of ether oxygens (including phenoxy) is 1. The third kappa shape index (κ3) is 3.63. The average Bonchev–Trinajstić information content (AvgIpc) is 3.21. The molecule has 1 fully saturated rings. The Kier molecular flexibility index (Phi) is 4.55. The van der Waals surface area contributed by atoms with Gasteiger partial charge in [0.2, 0.25) is 0 Å². The van der Waals surface area contributed by atoms with E-state index in [1.165, 1.54) is 18.4 Å². The highest BCUT2D eigenvalue weighted by Gasteiger charge is 2.21. The molecule has 6 heteroatoms. The Hall–Kier alpha value is -1.40. The van der Waals surface area contributed by atoms with Crippen molar-refractivity contribution in [2.75, 3.05) is 0 Å². The summed E-state index contributed by atoms with van der Waals surface area (Å²) < 4.78 is 8.82. The molecule has 0 saturated heterocycles. The number of nitrogens with one attached hydrogen (secondary N) is 1. The molecule has 1 aromatic carbocycles. The van der Waals surface area contributed by atoms with E-state index in [0.717, 1.165) is 29.1 Å². The van der Waals surface area contributed by atoms with Crippen LogP contribution in [0.4, 0.5) is 0 Å². The second-order valence-corrected chi connectivity index (χ2v) is 6.02. The molecule has 112 valence electrons.